The number of aromatic nitrogens is 2. The van der Waals surface area contributed by atoms with Crippen LogP contribution in [0.4, 0.5) is 5.95 Å². The van der Waals surface area contributed by atoms with Gasteiger partial charge in [0.1, 0.15) is 5.03 Å². The predicted molar refractivity (Wildman–Crippen MR) is 50.7 cm³/mol. The van der Waals surface area contributed by atoms with Gasteiger partial charge in [-0.25, -0.2) is 9.97 Å². The summed E-state index contributed by atoms with van der Waals surface area (Å²) in [5, 5.41) is 0.884. The Morgan fingerprint density at radius 2 is 2.09 bits per heavy atom. The molecule has 0 spiro atoms. The van der Waals surface area contributed by atoms with Gasteiger partial charge in [0.25, 0.3) is 0 Å². The Bertz CT molecular complexity index is 277. The van der Waals surface area contributed by atoms with Crippen molar-refractivity contribution in [2.45, 2.75) is 11.9 Å². The summed E-state index contributed by atoms with van der Waals surface area (Å²) in [5.41, 5.74) is 6.32. The SMILES string of the molecule is CSc1nc(N)nc(C)c1Br. The summed E-state index contributed by atoms with van der Waals surface area (Å²) in [5.74, 6) is 0.329. The lowest BCUT2D eigenvalue weighted by atomic mass is 10.5. The van der Waals surface area contributed by atoms with Gasteiger partial charge < -0.3 is 5.73 Å². The van der Waals surface area contributed by atoms with Crippen LogP contribution in [0.15, 0.2) is 9.50 Å². The topological polar surface area (TPSA) is 51.8 Å². The fourth-order valence-electron chi connectivity index (χ4n) is 0.689. The van der Waals surface area contributed by atoms with Gasteiger partial charge >= 0.3 is 0 Å². The molecule has 0 saturated carbocycles. The molecule has 5 heteroatoms. The van der Waals surface area contributed by atoms with Crippen molar-refractivity contribution in [1.82, 2.24) is 9.97 Å². The molecule has 0 fully saturated rings. The summed E-state index contributed by atoms with van der Waals surface area (Å²) in [6.45, 7) is 1.89. The van der Waals surface area contributed by atoms with Crippen molar-refractivity contribution in [1.29, 1.82) is 0 Å². The van der Waals surface area contributed by atoms with Crippen molar-refractivity contribution in [3.05, 3.63) is 10.2 Å². The third-order valence-corrected chi connectivity index (χ3v) is 3.09. The van der Waals surface area contributed by atoms with E-state index >= 15 is 0 Å². The van der Waals surface area contributed by atoms with Gasteiger partial charge in [0.15, 0.2) is 0 Å². The number of halogens is 1. The predicted octanol–water partition coefficient (Wildman–Crippen LogP) is 1.85. The number of nitrogens with zero attached hydrogens (tertiary/aromatic N) is 2. The van der Waals surface area contributed by atoms with Gasteiger partial charge in [0.05, 0.1) is 10.2 Å². The van der Waals surface area contributed by atoms with Crippen LogP contribution in [0.2, 0.25) is 0 Å². The Kier molecular flexibility index (Phi) is 2.72. The molecule has 60 valence electrons. The van der Waals surface area contributed by atoms with Gasteiger partial charge in [-0.05, 0) is 29.1 Å². The van der Waals surface area contributed by atoms with Crippen molar-refractivity contribution < 1.29 is 0 Å². The van der Waals surface area contributed by atoms with Gasteiger partial charge in [0, 0.05) is 0 Å². The van der Waals surface area contributed by atoms with Crippen molar-refractivity contribution in [2.24, 2.45) is 0 Å². The van der Waals surface area contributed by atoms with E-state index in [2.05, 4.69) is 25.9 Å². The monoisotopic (exact) mass is 233 g/mol. The normalized spacial score (nSPS) is 10.1. The average molecular weight is 234 g/mol. The van der Waals surface area contributed by atoms with Gasteiger partial charge in [-0.1, -0.05) is 0 Å². The third-order valence-electron chi connectivity index (χ3n) is 1.20. The summed E-state index contributed by atoms with van der Waals surface area (Å²) in [7, 11) is 0. The molecule has 3 nitrogen and oxygen atoms in total. The largest absolute Gasteiger partial charge is 0.368 e. The lowest BCUT2D eigenvalue weighted by Crippen LogP contribution is -1.98. The number of thioether (sulfide) groups is 1. The molecular formula is C6H8BrN3S. The maximum Gasteiger partial charge on any atom is 0.221 e. The van der Waals surface area contributed by atoms with Crippen LogP contribution in [-0.2, 0) is 0 Å². The smallest absolute Gasteiger partial charge is 0.221 e. The highest BCUT2D eigenvalue weighted by Gasteiger charge is 2.05. The van der Waals surface area contributed by atoms with Gasteiger partial charge in [-0.15, -0.1) is 11.8 Å². The molecule has 0 aliphatic rings. The Labute approximate surface area is 77.9 Å². The molecular weight excluding hydrogens is 226 g/mol. The van der Waals surface area contributed by atoms with Crippen LogP contribution >= 0.6 is 27.7 Å². The van der Waals surface area contributed by atoms with Crippen LogP contribution in [0.25, 0.3) is 0 Å². The molecule has 1 heterocycles. The molecule has 0 amide bonds. The van der Waals surface area contributed by atoms with Crippen molar-refractivity contribution in [2.75, 3.05) is 12.0 Å². The second-order valence-corrected chi connectivity index (χ2v) is 3.58. The van der Waals surface area contributed by atoms with E-state index in [9.17, 15) is 0 Å². The zero-order valence-corrected chi connectivity index (χ0v) is 8.66. The highest BCUT2D eigenvalue weighted by Crippen LogP contribution is 2.25. The van der Waals surface area contributed by atoms with Crippen molar-refractivity contribution in [3.63, 3.8) is 0 Å². The summed E-state index contributed by atoms with van der Waals surface area (Å²) in [6, 6.07) is 0. The lowest BCUT2D eigenvalue weighted by molar-refractivity contribution is 1.00. The zero-order chi connectivity index (χ0) is 8.43. The molecule has 0 radical (unpaired) electrons. The van der Waals surface area contributed by atoms with Crippen LogP contribution in [-0.4, -0.2) is 16.2 Å². The minimum absolute atomic E-state index is 0.329. The van der Waals surface area contributed by atoms with Crippen molar-refractivity contribution in [3.8, 4) is 0 Å². The number of nitrogens with two attached hydrogens (primary N) is 1. The molecule has 1 rings (SSSR count). The van der Waals surface area contributed by atoms with E-state index in [4.69, 9.17) is 5.73 Å². The lowest BCUT2D eigenvalue weighted by Gasteiger charge is -2.02. The molecule has 0 aromatic carbocycles. The van der Waals surface area contributed by atoms with Crippen LogP contribution in [0.3, 0.4) is 0 Å². The van der Waals surface area contributed by atoms with Crippen molar-refractivity contribution >= 4 is 33.6 Å². The number of rotatable bonds is 1. The van der Waals surface area contributed by atoms with E-state index in [-0.39, 0.29) is 0 Å². The first-order valence-corrected chi connectivity index (χ1v) is 5.00. The minimum Gasteiger partial charge on any atom is -0.368 e. The molecule has 11 heavy (non-hydrogen) atoms. The number of hydrogen-bond acceptors (Lipinski definition) is 4. The quantitative estimate of drug-likeness (QED) is 0.595. The van der Waals surface area contributed by atoms with E-state index in [1.54, 1.807) is 11.8 Å². The molecule has 0 aliphatic carbocycles. The van der Waals surface area contributed by atoms with Gasteiger partial charge in [-0.3, -0.25) is 0 Å². The highest BCUT2D eigenvalue weighted by molar-refractivity contribution is 9.10. The summed E-state index contributed by atoms with van der Waals surface area (Å²) in [4.78, 5) is 8.02. The maximum absolute atomic E-state index is 5.45. The van der Waals surface area contributed by atoms with Gasteiger partial charge in [0.2, 0.25) is 5.95 Å². The number of hydrogen-bond donors (Lipinski definition) is 1. The van der Waals surface area contributed by atoms with Crippen LogP contribution in [0.1, 0.15) is 5.69 Å². The number of nitrogen functional groups attached to an aromatic ring is 1. The molecule has 0 atom stereocenters. The van der Waals surface area contributed by atoms with E-state index in [1.165, 1.54) is 0 Å². The first-order chi connectivity index (χ1) is 5.15. The van der Waals surface area contributed by atoms with E-state index < -0.39 is 0 Å². The second kappa shape index (κ2) is 3.40. The molecule has 0 bridgehead atoms. The fourth-order valence-corrected chi connectivity index (χ4v) is 1.86. The number of aryl methyl sites for hydroxylation is 1. The Morgan fingerprint density at radius 1 is 1.45 bits per heavy atom. The standard InChI is InChI=1S/C6H8BrN3S/c1-3-4(7)5(11-2)10-6(8)9-3/h1-2H3,(H2,8,9,10). The Balaban J connectivity index is 3.24. The first kappa shape index (κ1) is 8.80. The highest BCUT2D eigenvalue weighted by atomic mass is 79.9. The summed E-state index contributed by atoms with van der Waals surface area (Å²) in [6.07, 6.45) is 1.95. The molecule has 0 aliphatic heterocycles. The van der Waals surface area contributed by atoms with E-state index in [0.29, 0.717) is 5.95 Å². The van der Waals surface area contributed by atoms with Crippen LogP contribution in [0, 0.1) is 6.92 Å². The number of anilines is 1. The molecule has 1 aromatic rings. The average Bonchev–Trinajstić information content (AvgIpc) is 1.96. The Hall–Kier alpha value is -0.290. The summed E-state index contributed by atoms with van der Waals surface area (Å²) < 4.78 is 0.930. The second-order valence-electron chi connectivity index (χ2n) is 1.99. The fraction of sp³-hybridized carbons (Fsp3) is 0.333. The third kappa shape index (κ3) is 1.84. The van der Waals surface area contributed by atoms with Crippen LogP contribution in [0.5, 0.6) is 0 Å². The zero-order valence-electron chi connectivity index (χ0n) is 6.26. The van der Waals surface area contributed by atoms with E-state index in [0.717, 1.165) is 15.2 Å². The van der Waals surface area contributed by atoms with Crippen LogP contribution < -0.4 is 5.73 Å². The molecule has 1 aromatic heterocycles. The molecule has 2 N–H and O–H groups in total. The summed E-state index contributed by atoms with van der Waals surface area (Å²) >= 11 is 4.92. The first-order valence-electron chi connectivity index (χ1n) is 2.98. The minimum atomic E-state index is 0.329. The van der Waals surface area contributed by atoms with Gasteiger partial charge in [-0.2, -0.15) is 0 Å². The Morgan fingerprint density at radius 3 is 2.64 bits per heavy atom. The molecule has 0 unspecified atom stereocenters. The molecule has 0 saturated heterocycles. The van der Waals surface area contributed by atoms with E-state index in [1.807, 2.05) is 13.2 Å². The maximum atomic E-state index is 5.45.